The third-order valence-electron chi connectivity index (χ3n) is 2.74. The Kier molecular flexibility index (Phi) is 5.62. The number of rotatable bonds is 6. The molecule has 0 aliphatic heterocycles. The Morgan fingerprint density at radius 3 is 2.60 bits per heavy atom. The highest BCUT2D eigenvalue weighted by Crippen LogP contribution is 2.27. The molecule has 1 N–H and O–H groups in total. The van der Waals surface area contributed by atoms with Crippen LogP contribution in [0.5, 0.6) is 11.5 Å². The number of carboxylic acids is 1. The van der Waals surface area contributed by atoms with E-state index in [9.17, 15) is 4.79 Å². The molecule has 0 bridgehead atoms. The first-order valence-corrected chi connectivity index (χ1v) is 6.54. The number of benzene rings is 1. The minimum absolute atomic E-state index is 0.190. The van der Waals surface area contributed by atoms with Gasteiger partial charge in [0, 0.05) is 17.7 Å². The Morgan fingerprint density at radius 2 is 2.05 bits per heavy atom. The molecule has 4 nitrogen and oxygen atoms in total. The van der Waals surface area contributed by atoms with Crippen LogP contribution in [0.4, 0.5) is 0 Å². The number of ether oxygens (including phenoxy) is 2. The quantitative estimate of drug-likeness (QED) is 0.808. The summed E-state index contributed by atoms with van der Waals surface area (Å²) in [7, 11) is 1.58. The van der Waals surface area contributed by atoms with E-state index in [0.717, 1.165) is 18.1 Å². The van der Waals surface area contributed by atoms with Crippen molar-refractivity contribution in [3.63, 3.8) is 0 Å². The van der Waals surface area contributed by atoms with Gasteiger partial charge in [-0.3, -0.25) is 0 Å². The highest BCUT2D eigenvalue weighted by molar-refractivity contribution is 5.86. The van der Waals surface area contributed by atoms with Gasteiger partial charge in [0.15, 0.2) is 0 Å². The van der Waals surface area contributed by atoms with Gasteiger partial charge in [0.05, 0.1) is 13.7 Å². The lowest BCUT2D eigenvalue weighted by Gasteiger charge is -2.19. The summed E-state index contributed by atoms with van der Waals surface area (Å²) in [6, 6.07) is 5.33. The molecule has 0 unspecified atom stereocenters. The maximum atomic E-state index is 10.6. The van der Waals surface area contributed by atoms with E-state index < -0.39 is 5.97 Å². The van der Waals surface area contributed by atoms with E-state index in [4.69, 9.17) is 14.6 Å². The van der Waals surface area contributed by atoms with Crippen molar-refractivity contribution < 1.29 is 19.4 Å². The van der Waals surface area contributed by atoms with Crippen molar-refractivity contribution in [2.75, 3.05) is 13.7 Å². The molecule has 0 spiro atoms. The normalized spacial score (nSPS) is 11.6. The van der Waals surface area contributed by atoms with Gasteiger partial charge >= 0.3 is 5.97 Å². The van der Waals surface area contributed by atoms with E-state index in [-0.39, 0.29) is 5.41 Å². The monoisotopic (exact) mass is 278 g/mol. The van der Waals surface area contributed by atoms with Crippen molar-refractivity contribution in [3.05, 3.63) is 29.8 Å². The van der Waals surface area contributed by atoms with Gasteiger partial charge in [-0.2, -0.15) is 0 Å². The van der Waals surface area contributed by atoms with Gasteiger partial charge in [-0.1, -0.05) is 20.8 Å². The Morgan fingerprint density at radius 1 is 1.35 bits per heavy atom. The summed E-state index contributed by atoms with van der Waals surface area (Å²) in [5.74, 6) is 0.329. The van der Waals surface area contributed by atoms with Crippen molar-refractivity contribution >= 4 is 12.0 Å². The van der Waals surface area contributed by atoms with Crippen LogP contribution in [-0.4, -0.2) is 24.8 Å². The van der Waals surface area contributed by atoms with Crippen molar-refractivity contribution in [1.82, 2.24) is 0 Å². The van der Waals surface area contributed by atoms with Gasteiger partial charge in [-0.15, -0.1) is 0 Å². The second-order valence-electron chi connectivity index (χ2n) is 5.73. The lowest BCUT2D eigenvalue weighted by Crippen LogP contribution is -2.11. The first-order valence-electron chi connectivity index (χ1n) is 6.54. The van der Waals surface area contributed by atoms with Gasteiger partial charge < -0.3 is 14.6 Å². The molecule has 0 aliphatic carbocycles. The molecule has 4 heteroatoms. The van der Waals surface area contributed by atoms with E-state index in [1.165, 1.54) is 6.08 Å². The number of methoxy groups -OCH3 is 1. The topological polar surface area (TPSA) is 55.8 Å². The summed E-state index contributed by atoms with van der Waals surface area (Å²) in [6.07, 6.45) is 3.53. The Labute approximate surface area is 120 Å². The fourth-order valence-electron chi connectivity index (χ4n) is 1.53. The lowest BCUT2D eigenvalue weighted by atomic mass is 9.93. The molecule has 0 aliphatic rings. The highest BCUT2D eigenvalue weighted by Gasteiger charge is 2.11. The van der Waals surface area contributed by atoms with Crippen LogP contribution < -0.4 is 9.47 Å². The second kappa shape index (κ2) is 6.98. The molecule has 20 heavy (non-hydrogen) atoms. The molecule has 0 heterocycles. The SMILES string of the molecule is COc1ccc(C=CC(=O)O)c(OCCC(C)(C)C)c1. The molecule has 0 atom stereocenters. The third-order valence-corrected chi connectivity index (χ3v) is 2.74. The molecule has 1 aromatic carbocycles. The third kappa shape index (κ3) is 5.78. The molecule has 0 aromatic heterocycles. The van der Waals surface area contributed by atoms with Crippen LogP contribution in [0.15, 0.2) is 24.3 Å². The van der Waals surface area contributed by atoms with Crippen LogP contribution in [0.3, 0.4) is 0 Å². The van der Waals surface area contributed by atoms with E-state index in [0.29, 0.717) is 18.1 Å². The maximum absolute atomic E-state index is 10.6. The van der Waals surface area contributed by atoms with Crippen molar-refractivity contribution in [1.29, 1.82) is 0 Å². The number of carboxylic acid groups (broad SMARTS) is 1. The van der Waals surface area contributed by atoms with Crippen LogP contribution in [0.2, 0.25) is 0 Å². The molecule has 0 saturated carbocycles. The van der Waals surface area contributed by atoms with Gasteiger partial charge in [0.25, 0.3) is 0 Å². The van der Waals surface area contributed by atoms with Gasteiger partial charge in [-0.05, 0) is 30.0 Å². The fourth-order valence-corrected chi connectivity index (χ4v) is 1.53. The molecular weight excluding hydrogens is 256 g/mol. The Hall–Kier alpha value is -1.97. The van der Waals surface area contributed by atoms with Crippen molar-refractivity contribution in [2.24, 2.45) is 5.41 Å². The molecule has 1 rings (SSSR count). The smallest absolute Gasteiger partial charge is 0.328 e. The van der Waals surface area contributed by atoms with Crippen molar-refractivity contribution in [3.8, 4) is 11.5 Å². The van der Waals surface area contributed by atoms with Crippen LogP contribution >= 0.6 is 0 Å². The van der Waals surface area contributed by atoms with E-state index in [1.807, 2.05) is 0 Å². The minimum Gasteiger partial charge on any atom is -0.497 e. The summed E-state index contributed by atoms with van der Waals surface area (Å²) in [4.78, 5) is 10.6. The highest BCUT2D eigenvalue weighted by atomic mass is 16.5. The summed E-state index contributed by atoms with van der Waals surface area (Å²) in [5, 5.41) is 8.70. The Balaban J connectivity index is 2.86. The maximum Gasteiger partial charge on any atom is 0.328 e. The van der Waals surface area contributed by atoms with Crippen LogP contribution in [0, 0.1) is 5.41 Å². The summed E-state index contributed by atoms with van der Waals surface area (Å²) in [5.41, 5.74) is 0.915. The van der Waals surface area contributed by atoms with Crippen molar-refractivity contribution in [2.45, 2.75) is 27.2 Å². The predicted molar refractivity (Wildman–Crippen MR) is 79.2 cm³/mol. The van der Waals surface area contributed by atoms with Crippen LogP contribution in [0.1, 0.15) is 32.8 Å². The molecule has 1 aromatic rings. The first-order chi connectivity index (χ1) is 9.31. The number of aliphatic carboxylic acids is 1. The van der Waals surface area contributed by atoms with E-state index in [1.54, 1.807) is 25.3 Å². The standard InChI is InChI=1S/C16H22O4/c1-16(2,3)9-10-20-14-11-13(19-4)7-5-12(14)6-8-15(17)18/h5-8,11H,9-10H2,1-4H3,(H,17,18). The summed E-state index contributed by atoms with van der Waals surface area (Å²) < 4.78 is 10.9. The van der Waals surface area contributed by atoms with Gasteiger partial charge in [0.2, 0.25) is 0 Å². The van der Waals surface area contributed by atoms with Crippen LogP contribution in [0.25, 0.3) is 6.08 Å². The lowest BCUT2D eigenvalue weighted by molar-refractivity contribution is -0.131. The predicted octanol–water partition coefficient (Wildman–Crippen LogP) is 3.61. The van der Waals surface area contributed by atoms with Gasteiger partial charge in [-0.25, -0.2) is 4.79 Å². The largest absolute Gasteiger partial charge is 0.497 e. The molecule has 0 amide bonds. The average molecular weight is 278 g/mol. The number of hydrogen-bond donors (Lipinski definition) is 1. The average Bonchev–Trinajstić information content (AvgIpc) is 2.35. The summed E-state index contributed by atoms with van der Waals surface area (Å²) >= 11 is 0. The number of carbonyl (C=O) groups is 1. The molecule has 0 fully saturated rings. The molecule has 0 radical (unpaired) electrons. The molecule has 0 saturated heterocycles. The second-order valence-corrected chi connectivity index (χ2v) is 5.73. The Bertz CT molecular complexity index is 484. The fraction of sp³-hybridized carbons (Fsp3) is 0.438. The van der Waals surface area contributed by atoms with E-state index >= 15 is 0 Å². The summed E-state index contributed by atoms with van der Waals surface area (Å²) in [6.45, 7) is 7.01. The zero-order chi connectivity index (χ0) is 15.2. The molecular formula is C16H22O4. The first kappa shape index (κ1) is 16.1. The molecule has 110 valence electrons. The van der Waals surface area contributed by atoms with Crippen LogP contribution in [-0.2, 0) is 4.79 Å². The zero-order valence-corrected chi connectivity index (χ0v) is 12.5. The van der Waals surface area contributed by atoms with Gasteiger partial charge in [0.1, 0.15) is 11.5 Å². The minimum atomic E-state index is -0.985. The van der Waals surface area contributed by atoms with E-state index in [2.05, 4.69) is 20.8 Å². The zero-order valence-electron chi connectivity index (χ0n) is 12.5. The number of hydrogen-bond acceptors (Lipinski definition) is 3.